The van der Waals surface area contributed by atoms with Crippen LogP contribution in [0.5, 0.6) is 17.2 Å². The second-order valence-corrected chi connectivity index (χ2v) is 11.0. The molecule has 44 heavy (non-hydrogen) atoms. The fourth-order valence-corrected chi connectivity index (χ4v) is 6.08. The van der Waals surface area contributed by atoms with Crippen molar-refractivity contribution >= 4 is 23.4 Å². The van der Waals surface area contributed by atoms with E-state index in [0.717, 1.165) is 12.0 Å². The first-order valence-corrected chi connectivity index (χ1v) is 15.1. The average molecular weight is 617 g/mol. The molecule has 1 aliphatic rings. The first kappa shape index (κ1) is 30.7. The lowest BCUT2D eigenvalue weighted by molar-refractivity contribution is -0.139. The topological polar surface area (TPSA) is 88.4 Å². The zero-order valence-electron chi connectivity index (χ0n) is 25.0. The fourth-order valence-electron chi connectivity index (χ4n) is 5.06. The largest absolute Gasteiger partial charge is 0.497 e. The summed E-state index contributed by atoms with van der Waals surface area (Å²) >= 11 is 1.25. The summed E-state index contributed by atoms with van der Waals surface area (Å²) in [6.07, 6.45) is 3.04. The van der Waals surface area contributed by atoms with Crippen molar-refractivity contribution in [3.8, 4) is 17.2 Å². The molecule has 0 fully saturated rings. The number of hydrogen-bond donors (Lipinski definition) is 0. The second kappa shape index (κ2) is 13.7. The van der Waals surface area contributed by atoms with Gasteiger partial charge in [0, 0.05) is 11.1 Å². The lowest BCUT2D eigenvalue weighted by Gasteiger charge is -2.27. The first-order valence-electron chi connectivity index (χ1n) is 14.3. The van der Waals surface area contributed by atoms with Gasteiger partial charge in [-0.1, -0.05) is 55.0 Å². The molecular weight excluding hydrogens is 583 g/mol. The maximum absolute atomic E-state index is 14.1. The predicted molar refractivity (Wildman–Crippen MR) is 166 cm³/mol. The second-order valence-electron chi connectivity index (χ2n) is 9.97. The number of nitrogens with zero attached hydrogens (tertiary/aromatic N) is 2. The average Bonchev–Trinajstić information content (AvgIpc) is 3.34. The first-order chi connectivity index (χ1) is 21.4. The Hall–Kier alpha value is -4.70. The van der Waals surface area contributed by atoms with E-state index in [4.69, 9.17) is 23.9 Å². The van der Waals surface area contributed by atoms with Gasteiger partial charge in [-0.05, 0) is 61.4 Å². The van der Waals surface area contributed by atoms with Crippen molar-refractivity contribution in [1.82, 2.24) is 4.57 Å². The van der Waals surface area contributed by atoms with Crippen LogP contribution >= 0.6 is 11.3 Å². The van der Waals surface area contributed by atoms with Crippen molar-refractivity contribution in [2.75, 3.05) is 20.8 Å². The summed E-state index contributed by atoms with van der Waals surface area (Å²) < 4.78 is 38.4. The summed E-state index contributed by atoms with van der Waals surface area (Å²) in [5, 5.41) is 0. The highest BCUT2D eigenvalue weighted by atomic mass is 32.1. The molecular formula is C34H33FN2O6S. The molecule has 0 saturated heterocycles. The van der Waals surface area contributed by atoms with Crippen LogP contribution < -0.4 is 29.1 Å². The summed E-state index contributed by atoms with van der Waals surface area (Å²) in [6.45, 7) is 4.02. The Kier molecular flexibility index (Phi) is 9.59. The van der Waals surface area contributed by atoms with Crippen LogP contribution in [0.4, 0.5) is 4.39 Å². The zero-order valence-corrected chi connectivity index (χ0v) is 25.8. The third-order valence-electron chi connectivity index (χ3n) is 7.15. The van der Waals surface area contributed by atoms with Crippen LogP contribution in [0.1, 0.15) is 49.4 Å². The van der Waals surface area contributed by atoms with Crippen LogP contribution in [0, 0.1) is 5.82 Å². The lowest BCUT2D eigenvalue weighted by Crippen LogP contribution is -2.40. The number of rotatable bonds is 11. The molecule has 0 bridgehead atoms. The van der Waals surface area contributed by atoms with Gasteiger partial charge in [0.15, 0.2) is 4.80 Å². The van der Waals surface area contributed by atoms with Gasteiger partial charge in [-0.25, -0.2) is 14.2 Å². The number of hydrogen-bond acceptors (Lipinski definition) is 8. The van der Waals surface area contributed by atoms with Gasteiger partial charge in [-0.3, -0.25) is 9.36 Å². The summed E-state index contributed by atoms with van der Waals surface area (Å²) in [5.41, 5.74) is 2.38. The Morgan fingerprint density at radius 3 is 2.45 bits per heavy atom. The number of halogens is 1. The minimum atomic E-state index is -0.840. The molecule has 0 unspecified atom stereocenters. The maximum Gasteiger partial charge on any atom is 0.338 e. The van der Waals surface area contributed by atoms with Gasteiger partial charge in [0.05, 0.1) is 36.6 Å². The molecule has 8 nitrogen and oxygen atoms in total. The van der Waals surface area contributed by atoms with E-state index in [1.807, 2.05) is 19.1 Å². The smallest absolute Gasteiger partial charge is 0.338 e. The molecule has 1 aliphatic heterocycles. The molecule has 0 N–H and O–H groups in total. The van der Waals surface area contributed by atoms with E-state index in [2.05, 4.69) is 0 Å². The molecule has 2 heterocycles. The van der Waals surface area contributed by atoms with Gasteiger partial charge in [-0.2, -0.15) is 0 Å². The SMILES string of the molecule is CCCC1=C(C(=O)OCC)[C@@H](c2cc(OC)ccc2OC)n2c(s/c(=C\c3ccc(OCc4ccccc4F)cc3)c2=O)=N1. The third-order valence-corrected chi connectivity index (χ3v) is 8.14. The van der Waals surface area contributed by atoms with Crippen LogP contribution in [0.15, 0.2) is 87.8 Å². The molecule has 0 radical (unpaired) electrons. The minimum absolute atomic E-state index is 0.0985. The van der Waals surface area contributed by atoms with Gasteiger partial charge >= 0.3 is 5.97 Å². The van der Waals surface area contributed by atoms with Gasteiger partial charge in [0.2, 0.25) is 0 Å². The van der Waals surface area contributed by atoms with Crippen molar-refractivity contribution in [2.24, 2.45) is 4.99 Å². The number of benzene rings is 3. The predicted octanol–water partition coefficient (Wildman–Crippen LogP) is 5.31. The Morgan fingerprint density at radius 1 is 1.02 bits per heavy atom. The number of esters is 1. The summed E-state index contributed by atoms with van der Waals surface area (Å²) in [5.74, 6) is 0.765. The van der Waals surface area contributed by atoms with E-state index in [1.54, 1.807) is 75.8 Å². The highest BCUT2D eigenvalue weighted by Crippen LogP contribution is 2.38. The van der Waals surface area contributed by atoms with E-state index < -0.39 is 12.0 Å². The molecule has 0 saturated carbocycles. The van der Waals surface area contributed by atoms with Crippen molar-refractivity contribution in [3.05, 3.63) is 120 Å². The summed E-state index contributed by atoms with van der Waals surface area (Å²) in [4.78, 5) is 32.8. The van der Waals surface area contributed by atoms with Crippen LogP contribution in [0.2, 0.25) is 0 Å². The van der Waals surface area contributed by atoms with E-state index in [9.17, 15) is 14.0 Å². The molecule has 5 rings (SSSR count). The van der Waals surface area contributed by atoms with Crippen LogP contribution in [0.25, 0.3) is 6.08 Å². The number of methoxy groups -OCH3 is 2. The number of fused-ring (bicyclic) bond motifs is 1. The highest BCUT2D eigenvalue weighted by molar-refractivity contribution is 7.07. The summed E-state index contributed by atoms with van der Waals surface area (Å²) in [7, 11) is 3.09. The van der Waals surface area contributed by atoms with Gasteiger partial charge in [0.25, 0.3) is 5.56 Å². The Labute approximate surface area is 258 Å². The van der Waals surface area contributed by atoms with E-state index in [1.165, 1.54) is 22.0 Å². The van der Waals surface area contributed by atoms with E-state index >= 15 is 0 Å². The van der Waals surface area contributed by atoms with E-state index in [-0.39, 0.29) is 24.6 Å². The molecule has 3 aromatic carbocycles. The number of aromatic nitrogens is 1. The van der Waals surface area contributed by atoms with Crippen LogP contribution in [0.3, 0.4) is 0 Å². The molecule has 0 spiro atoms. The van der Waals surface area contributed by atoms with Gasteiger partial charge in [-0.15, -0.1) is 0 Å². The normalized spacial score (nSPS) is 14.6. The fraction of sp³-hybridized carbons (Fsp3) is 0.265. The Bertz CT molecular complexity index is 1880. The van der Waals surface area contributed by atoms with E-state index in [0.29, 0.717) is 55.4 Å². The molecule has 228 valence electrons. The monoisotopic (exact) mass is 616 g/mol. The number of carbonyl (C=O) groups is 1. The summed E-state index contributed by atoms with van der Waals surface area (Å²) in [6, 6.07) is 18.1. The highest BCUT2D eigenvalue weighted by Gasteiger charge is 2.36. The van der Waals surface area contributed by atoms with Gasteiger partial charge < -0.3 is 18.9 Å². The molecule has 4 aromatic rings. The number of thiazole rings is 1. The number of ether oxygens (including phenoxy) is 4. The molecule has 1 aromatic heterocycles. The van der Waals surface area contributed by atoms with Crippen LogP contribution in [-0.4, -0.2) is 31.4 Å². The van der Waals surface area contributed by atoms with Crippen LogP contribution in [-0.2, 0) is 16.1 Å². The number of carbonyl (C=O) groups excluding carboxylic acids is 1. The molecule has 0 amide bonds. The third kappa shape index (κ3) is 6.30. The minimum Gasteiger partial charge on any atom is -0.497 e. The quantitative estimate of drug-likeness (QED) is 0.212. The Morgan fingerprint density at radius 2 is 1.77 bits per heavy atom. The lowest BCUT2D eigenvalue weighted by atomic mass is 9.93. The number of allylic oxidation sites excluding steroid dienone is 1. The molecule has 1 atom stereocenters. The van der Waals surface area contributed by atoms with Crippen molar-refractivity contribution in [1.29, 1.82) is 0 Å². The standard InChI is InChI=1S/C34H33FN2O6S/c1-5-9-27-30(33(39)42-6-2)31(25-19-24(40-3)16-17-28(25)41-4)37-32(38)29(44-34(37)36-27)18-21-12-14-23(15-13-21)43-20-22-10-7-8-11-26(22)35/h7-8,10-19,31H,5-6,9,20H2,1-4H3/b29-18-/t31-/m1/s1. The molecule has 10 heteroatoms. The Balaban J connectivity index is 1.59. The van der Waals surface area contributed by atoms with Crippen molar-refractivity contribution < 1.29 is 28.1 Å². The molecule has 0 aliphatic carbocycles. The maximum atomic E-state index is 14.1. The zero-order chi connectivity index (χ0) is 31.2. The van der Waals surface area contributed by atoms with Gasteiger partial charge in [0.1, 0.15) is 35.7 Å². The van der Waals surface area contributed by atoms with Crippen molar-refractivity contribution in [2.45, 2.75) is 39.3 Å². The van der Waals surface area contributed by atoms with Crippen molar-refractivity contribution in [3.63, 3.8) is 0 Å².